The van der Waals surface area contributed by atoms with Crippen molar-refractivity contribution in [2.75, 3.05) is 6.54 Å². The molecule has 2 amide bonds. The minimum atomic E-state index is -0.394. The Morgan fingerprint density at radius 3 is 2.38 bits per heavy atom. The Labute approximate surface area is 49.5 Å². The van der Waals surface area contributed by atoms with E-state index in [1.165, 1.54) is 4.90 Å². The number of urea groups is 1. The van der Waals surface area contributed by atoms with Crippen molar-refractivity contribution < 1.29 is 4.79 Å². The van der Waals surface area contributed by atoms with Crippen molar-refractivity contribution in [2.45, 2.75) is 13.8 Å². The SMILES string of the molecule is C[CH]N(CC)C(N)=O. The van der Waals surface area contributed by atoms with Crippen LogP contribution in [0.5, 0.6) is 0 Å². The van der Waals surface area contributed by atoms with Crippen LogP contribution in [0.15, 0.2) is 0 Å². The van der Waals surface area contributed by atoms with Crippen molar-refractivity contribution in [2.24, 2.45) is 5.73 Å². The van der Waals surface area contributed by atoms with Gasteiger partial charge in [0.1, 0.15) is 0 Å². The number of hydrogen-bond donors (Lipinski definition) is 1. The lowest BCUT2D eigenvalue weighted by atomic mass is 10.5. The van der Waals surface area contributed by atoms with Crippen LogP contribution < -0.4 is 5.73 Å². The molecule has 3 heteroatoms. The summed E-state index contributed by atoms with van der Waals surface area (Å²) in [6.45, 7) is 5.94. The Kier molecular flexibility index (Phi) is 2.99. The molecule has 0 fully saturated rings. The molecule has 0 spiro atoms. The van der Waals surface area contributed by atoms with E-state index in [1.807, 2.05) is 6.92 Å². The fourth-order valence-corrected chi connectivity index (χ4v) is 0.466. The number of carbonyl (C=O) groups excluding carboxylic acids is 1. The summed E-state index contributed by atoms with van der Waals surface area (Å²) in [5, 5.41) is 0. The zero-order chi connectivity index (χ0) is 6.57. The van der Waals surface area contributed by atoms with Gasteiger partial charge in [-0.05, 0) is 13.8 Å². The molecule has 0 rings (SSSR count). The van der Waals surface area contributed by atoms with Crippen molar-refractivity contribution in [3.05, 3.63) is 6.54 Å². The third kappa shape index (κ3) is 1.82. The van der Waals surface area contributed by atoms with Crippen LogP contribution in [-0.4, -0.2) is 17.5 Å². The fourth-order valence-electron chi connectivity index (χ4n) is 0.466. The van der Waals surface area contributed by atoms with Gasteiger partial charge in [-0.2, -0.15) is 0 Å². The molecule has 0 aliphatic heterocycles. The Balaban J connectivity index is 3.52. The van der Waals surface area contributed by atoms with Crippen LogP contribution >= 0.6 is 0 Å². The second-order valence-corrected chi connectivity index (χ2v) is 1.38. The lowest BCUT2D eigenvalue weighted by Gasteiger charge is -2.13. The molecular weight excluding hydrogens is 104 g/mol. The molecular formula is C5H11N2O. The molecule has 0 aromatic heterocycles. The lowest BCUT2D eigenvalue weighted by molar-refractivity contribution is 0.221. The second kappa shape index (κ2) is 3.29. The van der Waals surface area contributed by atoms with Gasteiger partial charge in [0.05, 0.1) is 6.54 Å². The predicted molar refractivity (Wildman–Crippen MR) is 31.9 cm³/mol. The zero-order valence-electron chi connectivity index (χ0n) is 5.22. The van der Waals surface area contributed by atoms with Gasteiger partial charge in [0, 0.05) is 6.54 Å². The molecule has 0 aliphatic carbocycles. The Morgan fingerprint density at radius 1 is 1.88 bits per heavy atom. The first-order chi connectivity index (χ1) is 3.72. The van der Waals surface area contributed by atoms with Gasteiger partial charge < -0.3 is 10.6 Å². The summed E-state index contributed by atoms with van der Waals surface area (Å²) >= 11 is 0. The first-order valence-corrected chi connectivity index (χ1v) is 2.58. The zero-order valence-corrected chi connectivity index (χ0v) is 5.22. The van der Waals surface area contributed by atoms with Crippen LogP contribution in [0.2, 0.25) is 0 Å². The quantitative estimate of drug-likeness (QED) is 0.561. The highest BCUT2D eigenvalue weighted by Gasteiger charge is 2.00. The third-order valence-corrected chi connectivity index (χ3v) is 0.935. The molecule has 47 valence electrons. The monoisotopic (exact) mass is 115 g/mol. The van der Waals surface area contributed by atoms with Gasteiger partial charge in [0.2, 0.25) is 0 Å². The highest BCUT2D eigenvalue weighted by atomic mass is 16.2. The normalized spacial score (nSPS) is 8.75. The molecule has 0 aromatic carbocycles. The molecule has 3 nitrogen and oxygen atoms in total. The number of carbonyl (C=O) groups is 1. The van der Waals surface area contributed by atoms with Crippen molar-refractivity contribution in [3.8, 4) is 0 Å². The number of hydrogen-bond acceptors (Lipinski definition) is 1. The van der Waals surface area contributed by atoms with Crippen molar-refractivity contribution in [1.82, 2.24) is 4.90 Å². The van der Waals surface area contributed by atoms with Crippen LogP contribution in [0.25, 0.3) is 0 Å². The maximum atomic E-state index is 10.3. The molecule has 0 aliphatic rings. The van der Waals surface area contributed by atoms with Crippen molar-refractivity contribution in [3.63, 3.8) is 0 Å². The van der Waals surface area contributed by atoms with Gasteiger partial charge >= 0.3 is 6.03 Å². The van der Waals surface area contributed by atoms with Crippen LogP contribution in [-0.2, 0) is 0 Å². The lowest BCUT2D eigenvalue weighted by Crippen LogP contribution is -2.32. The van der Waals surface area contributed by atoms with Crippen LogP contribution in [0.1, 0.15) is 13.8 Å². The molecule has 1 radical (unpaired) electrons. The van der Waals surface area contributed by atoms with E-state index in [1.54, 1.807) is 13.5 Å². The first-order valence-electron chi connectivity index (χ1n) is 2.58. The summed E-state index contributed by atoms with van der Waals surface area (Å²) < 4.78 is 0. The topological polar surface area (TPSA) is 46.3 Å². The molecule has 8 heavy (non-hydrogen) atoms. The third-order valence-electron chi connectivity index (χ3n) is 0.935. The van der Waals surface area contributed by atoms with E-state index in [0.29, 0.717) is 6.54 Å². The highest BCUT2D eigenvalue weighted by molar-refractivity contribution is 5.72. The van der Waals surface area contributed by atoms with E-state index in [0.717, 1.165) is 0 Å². The maximum Gasteiger partial charge on any atom is 0.315 e. The molecule has 2 N–H and O–H groups in total. The van der Waals surface area contributed by atoms with Gasteiger partial charge in [-0.1, -0.05) is 0 Å². The van der Waals surface area contributed by atoms with Crippen molar-refractivity contribution >= 4 is 6.03 Å². The van der Waals surface area contributed by atoms with E-state index in [-0.39, 0.29) is 0 Å². The average Bonchev–Trinajstić information content (AvgIpc) is 1.69. The molecule has 0 heterocycles. The van der Waals surface area contributed by atoms with Crippen LogP contribution in [0.3, 0.4) is 0 Å². The van der Waals surface area contributed by atoms with Gasteiger partial charge in [-0.25, -0.2) is 4.79 Å². The number of nitrogens with zero attached hydrogens (tertiary/aromatic N) is 1. The minimum absolute atomic E-state index is 0.394. The van der Waals surface area contributed by atoms with E-state index in [4.69, 9.17) is 5.73 Å². The van der Waals surface area contributed by atoms with E-state index in [2.05, 4.69) is 0 Å². The summed E-state index contributed by atoms with van der Waals surface area (Å²) in [5.74, 6) is 0. The van der Waals surface area contributed by atoms with Crippen LogP contribution in [0, 0.1) is 6.54 Å². The largest absolute Gasteiger partial charge is 0.351 e. The van der Waals surface area contributed by atoms with Gasteiger partial charge in [-0.3, -0.25) is 0 Å². The number of amides is 2. The van der Waals surface area contributed by atoms with Gasteiger partial charge in [-0.15, -0.1) is 0 Å². The molecule has 0 bridgehead atoms. The summed E-state index contributed by atoms with van der Waals surface area (Å²) in [4.78, 5) is 11.7. The van der Waals surface area contributed by atoms with E-state index in [9.17, 15) is 4.79 Å². The first kappa shape index (κ1) is 7.27. The van der Waals surface area contributed by atoms with Crippen LogP contribution in [0.4, 0.5) is 4.79 Å². The Hall–Kier alpha value is -0.730. The summed E-state index contributed by atoms with van der Waals surface area (Å²) in [7, 11) is 0. The molecule has 0 atom stereocenters. The number of rotatable bonds is 2. The number of primary amides is 1. The Bertz CT molecular complexity index is 78.5. The maximum absolute atomic E-state index is 10.3. The summed E-state index contributed by atoms with van der Waals surface area (Å²) in [6.07, 6.45) is 0. The second-order valence-electron chi connectivity index (χ2n) is 1.38. The minimum Gasteiger partial charge on any atom is -0.351 e. The molecule has 0 saturated carbocycles. The van der Waals surface area contributed by atoms with Gasteiger partial charge in [0.15, 0.2) is 0 Å². The Morgan fingerprint density at radius 2 is 2.38 bits per heavy atom. The van der Waals surface area contributed by atoms with Crippen molar-refractivity contribution in [1.29, 1.82) is 0 Å². The summed E-state index contributed by atoms with van der Waals surface area (Å²) in [6, 6.07) is -0.394. The summed E-state index contributed by atoms with van der Waals surface area (Å²) in [5.41, 5.74) is 4.91. The standard InChI is InChI=1S/C5H11N2O/c1-3-7(4-2)5(6)8/h3H,4H2,1-2H3,(H2,6,8). The van der Waals surface area contributed by atoms with Gasteiger partial charge in [0.25, 0.3) is 0 Å². The molecule has 0 aromatic rings. The fraction of sp³-hybridized carbons (Fsp3) is 0.600. The number of nitrogens with two attached hydrogens (primary N) is 1. The van der Waals surface area contributed by atoms with E-state index < -0.39 is 6.03 Å². The molecule has 0 saturated heterocycles. The predicted octanol–water partition coefficient (Wildman–Crippen LogP) is 0.569. The molecule has 0 unspecified atom stereocenters. The smallest absolute Gasteiger partial charge is 0.315 e. The highest BCUT2D eigenvalue weighted by Crippen LogP contribution is 1.87. The van der Waals surface area contributed by atoms with E-state index >= 15 is 0 Å². The average molecular weight is 115 g/mol.